The number of allylic oxidation sites excluding steroid dienone is 1. The number of nitrogens with two attached hydrogens (primary N) is 1. The number of rotatable bonds is 3. The molecule has 0 saturated heterocycles. The molecule has 2 heteroatoms. The molecule has 0 unspecified atom stereocenters. The predicted molar refractivity (Wildman–Crippen MR) is 58.9 cm³/mol. The van der Waals surface area contributed by atoms with Crippen LogP contribution in [-0.2, 0) is 0 Å². The molecular weight excluding hydrogens is 160 g/mol. The van der Waals surface area contributed by atoms with E-state index in [9.17, 15) is 0 Å². The fourth-order valence-corrected chi connectivity index (χ4v) is 1.13. The van der Waals surface area contributed by atoms with Gasteiger partial charge in [0.2, 0.25) is 0 Å². The van der Waals surface area contributed by atoms with Crippen LogP contribution >= 0.6 is 0 Å². The molecule has 0 aliphatic carbocycles. The number of benzene rings is 1. The van der Waals surface area contributed by atoms with Crippen LogP contribution in [0.4, 0.5) is 11.4 Å². The van der Waals surface area contributed by atoms with E-state index in [2.05, 4.69) is 11.4 Å². The van der Waals surface area contributed by atoms with Crippen molar-refractivity contribution >= 4 is 11.4 Å². The summed E-state index contributed by atoms with van der Waals surface area (Å²) < 4.78 is 0. The molecule has 0 aromatic heterocycles. The Morgan fingerprint density at radius 3 is 2.92 bits per heavy atom. The van der Waals surface area contributed by atoms with E-state index in [0.717, 1.165) is 23.5 Å². The summed E-state index contributed by atoms with van der Waals surface area (Å²) in [6.45, 7) is 4.88. The molecule has 0 aliphatic rings. The second-order valence-electron chi connectivity index (χ2n) is 2.97. The average Bonchev–Trinajstić information content (AvgIpc) is 2.13. The highest BCUT2D eigenvalue weighted by Gasteiger charge is 1.97. The molecule has 0 radical (unpaired) electrons. The zero-order valence-electron chi connectivity index (χ0n) is 8.17. The van der Waals surface area contributed by atoms with Crippen molar-refractivity contribution in [2.24, 2.45) is 0 Å². The van der Waals surface area contributed by atoms with Crippen molar-refractivity contribution in [3.05, 3.63) is 35.9 Å². The number of hydrogen-bond donors (Lipinski definition) is 2. The highest BCUT2D eigenvalue weighted by molar-refractivity contribution is 5.62. The molecule has 0 heterocycles. The first-order valence-electron chi connectivity index (χ1n) is 4.46. The molecule has 1 aromatic carbocycles. The van der Waals surface area contributed by atoms with Gasteiger partial charge >= 0.3 is 0 Å². The maximum atomic E-state index is 5.77. The Morgan fingerprint density at radius 1 is 1.46 bits per heavy atom. The van der Waals surface area contributed by atoms with Crippen molar-refractivity contribution in [3.8, 4) is 0 Å². The average molecular weight is 176 g/mol. The molecule has 0 bridgehead atoms. The first-order chi connectivity index (χ1) is 6.25. The predicted octanol–water partition coefficient (Wildman–Crippen LogP) is 2.57. The Bertz CT molecular complexity index is 303. The van der Waals surface area contributed by atoms with Gasteiger partial charge in [0.25, 0.3) is 0 Å². The van der Waals surface area contributed by atoms with Crippen molar-refractivity contribution in [1.29, 1.82) is 0 Å². The molecule has 2 nitrogen and oxygen atoms in total. The Hall–Kier alpha value is -1.44. The van der Waals surface area contributed by atoms with Gasteiger partial charge in [-0.05, 0) is 31.5 Å². The molecule has 0 atom stereocenters. The van der Waals surface area contributed by atoms with Crippen LogP contribution in [0.15, 0.2) is 30.4 Å². The molecule has 0 saturated carbocycles. The van der Waals surface area contributed by atoms with Gasteiger partial charge in [-0.1, -0.05) is 18.2 Å². The van der Waals surface area contributed by atoms with Crippen molar-refractivity contribution in [3.63, 3.8) is 0 Å². The number of nitrogens with one attached hydrogen (secondary N) is 1. The summed E-state index contributed by atoms with van der Waals surface area (Å²) in [5.41, 5.74) is 8.83. The molecular formula is C11H16N2. The van der Waals surface area contributed by atoms with Gasteiger partial charge in [0.15, 0.2) is 0 Å². The van der Waals surface area contributed by atoms with E-state index in [1.54, 1.807) is 0 Å². The van der Waals surface area contributed by atoms with Gasteiger partial charge in [-0.2, -0.15) is 0 Å². The summed E-state index contributed by atoms with van der Waals surface area (Å²) in [5, 5.41) is 3.29. The van der Waals surface area contributed by atoms with Crippen molar-refractivity contribution in [1.82, 2.24) is 0 Å². The van der Waals surface area contributed by atoms with E-state index >= 15 is 0 Å². The van der Waals surface area contributed by atoms with Crippen LogP contribution in [0.1, 0.15) is 12.5 Å². The van der Waals surface area contributed by atoms with Crippen LogP contribution in [0.2, 0.25) is 0 Å². The zero-order valence-corrected chi connectivity index (χ0v) is 8.17. The Labute approximate surface area is 79.5 Å². The third kappa shape index (κ3) is 2.51. The first-order valence-corrected chi connectivity index (χ1v) is 4.46. The maximum absolute atomic E-state index is 5.77. The Kier molecular flexibility index (Phi) is 3.38. The van der Waals surface area contributed by atoms with Crippen LogP contribution in [0, 0.1) is 6.92 Å². The quantitative estimate of drug-likeness (QED) is 0.548. The highest BCUT2D eigenvalue weighted by Crippen LogP contribution is 2.19. The third-order valence-electron chi connectivity index (χ3n) is 2.02. The van der Waals surface area contributed by atoms with E-state index in [1.165, 1.54) is 0 Å². The second-order valence-corrected chi connectivity index (χ2v) is 2.97. The highest BCUT2D eigenvalue weighted by atomic mass is 14.9. The SMILES string of the molecule is C/C=C/CNc1cccc(N)c1C. The lowest BCUT2D eigenvalue weighted by Gasteiger charge is -2.08. The summed E-state index contributed by atoms with van der Waals surface area (Å²) in [7, 11) is 0. The lowest BCUT2D eigenvalue weighted by Crippen LogP contribution is -2.01. The minimum Gasteiger partial charge on any atom is -0.398 e. The van der Waals surface area contributed by atoms with Crippen LogP contribution in [0.25, 0.3) is 0 Å². The summed E-state index contributed by atoms with van der Waals surface area (Å²) in [6.07, 6.45) is 4.09. The van der Waals surface area contributed by atoms with Crippen LogP contribution in [0.3, 0.4) is 0 Å². The monoisotopic (exact) mass is 176 g/mol. The maximum Gasteiger partial charge on any atom is 0.0393 e. The van der Waals surface area contributed by atoms with E-state index in [-0.39, 0.29) is 0 Å². The number of anilines is 2. The second kappa shape index (κ2) is 4.55. The molecule has 0 spiro atoms. The van der Waals surface area contributed by atoms with Gasteiger partial charge in [-0.15, -0.1) is 0 Å². The number of hydrogen-bond acceptors (Lipinski definition) is 2. The molecule has 1 rings (SSSR count). The summed E-state index contributed by atoms with van der Waals surface area (Å²) in [6, 6.07) is 5.91. The molecule has 3 N–H and O–H groups in total. The molecule has 13 heavy (non-hydrogen) atoms. The van der Waals surface area contributed by atoms with Gasteiger partial charge in [-0.3, -0.25) is 0 Å². The standard InChI is InChI=1S/C11H16N2/c1-3-4-8-13-11-7-5-6-10(12)9(11)2/h3-7,13H,8,12H2,1-2H3/b4-3+. The molecule has 0 amide bonds. The summed E-state index contributed by atoms with van der Waals surface area (Å²) >= 11 is 0. The minimum absolute atomic E-state index is 0.838. The zero-order chi connectivity index (χ0) is 9.68. The Balaban J connectivity index is 2.71. The van der Waals surface area contributed by atoms with Crippen LogP contribution in [0.5, 0.6) is 0 Å². The van der Waals surface area contributed by atoms with Gasteiger partial charge in [0, 0.05) is 17.9 Å². The Morgan fingerprint density at radius 2 is 2.23 bits per heavy atom. The fraction of sp³-hybridized carbons (Fsp3) is 0.273. The third-order valence-corrected chi connectivity index (χ3v) is 2.02. The summed E-state index contributed by atoms with van der Waals surface area (Å²) in [4.78, 5) is 0. The molecule has 0 aliphatic heterocycles. The van der Waals surface area contributed by atoms with Crippen LogP contribution < -0.4 is 11.1 Å². The number of nitrogen functional groups attached to an aromatic ring is 1. The van der Waals surface area contributed by atoms with Gasteiger partial charge in [-0.25, -0.2) is 0 Å². The lowest BCUT2D eigenvalue weighted by molar-refractivity contribution is 1.30. The topological polar surface area (TPSA) is 38.0 Å². The van der Waals surface area contributed by atoms with E-state index < -0.39 is 0 Å². The van der Waals surface area contributed by atoms with Gasteiger partial charge in [0.05, 0.1) is 0 Å². The summed E-state index contributed by atoms with van der Waals surface area (Å²) in [5.74, 6) is 0. The molecule has 1 aromatic rings. The van der Waals surface area contributed by atoms with Crippen molar-refractivity contribution < 1.29 is 0 Å². The fourth-order valence-electron chi connectivity index (χ4n) is 1.13. The molecule has 0 fully saturated rings. The largest absolute Gasteiger partial charge is 0.398 e. The van der Waals surface area contributed by atoms with E-state index in [4.69, 9.17) is 5.73 Å². The molecule has 70 valence electrons. The van der Waals surface area contributed by atoms with E-state index in [0.29, 0.717) is 0 Å². The normalized spacial score (nSPS) is 10.6. The van der Waals surface area contributed by atoms with Gasteiger partial charge < -0.3 is 11.1 Å². The minimum atomic E-state index is 0.838. The van der Waals surface area contributed by atoms with Crippen LogP contribution in [-0.4, -0.2) is 6.54 Å². The van der Waals surface area contributed by atoms with Crippen molar-refractivity contribution in [2.75, 3.05) is 17.6 Å². The lowest BCUT2D eigenvalue weighted by atomic mass is 10.1. The van der Waals surface area contributed by atoms with E-state index in [1.807, 2.05) is 38.1 Å². The van der Waals surface area contributed by atoms with Gasteiger partial charge in [0.1, 0.15) is 0 Å². The first kappa shape index (κ1) is 9.65. The smallest absolute Gasteiger partial charge is 0.0393 e. The van der Waals surface area contributed by atoms with Crippen molar-refractivity contribution in [2.45, 2.75) is 13.8 Å².